The van der Waals surface area contributed by atoms with Crippen molar-refractivity contribution < 1.29 is 39.6 Å². The quantitative estimate of drug-likeness (QED) is 0.137. The van der Waals surface area contributed by atoms with Gasteiger partial charge in [0.1, 0.15) is 0 Å². The van der Waals surface area contributed by atoms with Gasteiger partial charge in [0.05, 0.1) is 45.6 Å². The molecule has 18 rings (SSSR count). The first-order valence-electron chi connectivity index (χ1n) is 32.1. The van der Waals surface area contributed by atoms with Gasteiger partial charge in [0.2, 0.25) is 0 Å². The van der Waals surface area contributed by atoms with Gasteiger partial charge in [-0.2, -0.15) is 0 Å². The van der Waals surface area contributed by atoms with Gasteiger partial charge in [-0.05, 0) is 138 Å². The summed E-state index contributed by atoms with van der Waals surface area (Å²) in [5.41, 5.74) is 30.0. The smallest absolute Gasteiger partial charge is 2.00 e. The number of fused-ring (bicyclic) bond motifs is 16. The zero-order valence-electron chi connectivity index (χ0n) is 53.0. The molecule has 0 saturated carbocycles. The first-order chi connectivity index (χ1) is 47.6. The van der Waals surface area contributed by atoms with E-state index in [-0.39, 0.29) is 39.6 Å². The van der Waals surface area contributed by atoms with E-state index in [0.717, 1.165) is 179 Å². The fraction of sp³-hybridized carbons (Fsp3) is 0. The molecule has 0 fully saturated rings. The van der Waals surface area contributed by atoms with E-state index in [1.54, 1.807) is 0 Å². The van der Waals surface area contributed by atoms with Crippen LogP contribution in [0.25, 0.3) is 182 Å². The third-order valence-corrected chi connectivity index (χ3v) is 17.7. The fourth-order valence-electron chi connectivity index (χ4n) is 13.4. The van der Waals surface area contributed by atoms with Crippen LogP contribution in [-0.4, -0.2) is 19.9 Å². The molecule has 6 aromatic heterocycles. The van der Waals surface area contributed by atoms with E-state index in [2.05, 4.69) is 291 Å². The summed E-state index contributed by atoms with van der Waals surface area (Å²) in [4.78, 5) is 42.5. The van der Waals surface area contributed by atoms with Crippen LogP contribution in [0.3, 0.4) is 0 Å². The van der Waals surface area contributed by atoms with Gasteiger partial charge in [-0.1, -0.05) is 291 Å². The van der Waals surface area contributed by atoms with Crippen molar-refractivity contribution in [2.24, 2.45) is 0 Å². The molecule has 8 aromatic carbocycles. The van der Waals surface area contributed by atoms with Gasteiger partial charge < -0.3 is 25.4 Å². The Morgan fingerprint density at radius 3 is 0.374 bits per heavy atom. The van der Waals surface area contributed by atoms with Crippen LogP contribution in [0.2, 0.25) is 0 Å². The van der Waals surface area contributed by atoms with Crippen molar-refractivity contribution in [3.05, 3.63) is 337 Å². The van der Waals surface area contributed by atoms with Crippen molar-refractivity contribution in [3.8, 4) is 89.0 Å². The second-order valence-corrected chi connectivity index (χ2v) is 23.7. The molecule has 16 bridgehead atoms. The van der Waals surface area contributed by atoms with E-state index >= 15 is 0 Å². The number of hydrogen-bond acceptors (Lipinski definition) is 4. The average molecular weight is 1350 g/mol. The van der Waals surface area contributed by atoms with Gasteiger partial charge in [0, 0.05) is 0 Å². The predicted octanol–water partition coefficient (Wildman–Crippen LogP) is 21.0. The molecule has 2 radical (unpaired) electrons. The largest absolute Gasteiger partial charge is 3.00 e. The van der Waals surface area contributed by atoms with Gasteiger partial charge in [0.15, 0.2) is 0 Å². The first-order valence-corrected chi connectivity index (χ1v) is 32.1. The summed E-state index contributed by atoms with van der Waals surface area (Å²) in [6, 6.07) is 100. The molecule has 0 spiro atoms. The second kappa shape index (κ2) is 28.3. The van der Waals surface area contributed by atoms with Crippen LogP contribution >= 0.6 is 0 Å². The molecule has 11 heteroatoms. The van der Waals surface area contributed by atoms with Crippen LogP contribution in [0.5, 0.6) is 0 Å². The summed E-state index contributed by atoms with van der Waals surface area (Å²) >= 11 is 0. The standard InChI is InChI=1S/2C44H28N4.2Fe.O/c2*1-5-13-29(14-6-1)41-33-21-23-35(45-33)42(30-15-7-2-8-16-30)37-25-27-39(47-37)44(32-19-11-4-12-20-32)40-28-26-38(48-40)43(31-17-9-3-10-18-31)36-24-22-34(41)46-36;;;/h2*1-28H;;;/q2*-2;2*+3;-2. The fourth-order valence-corrected chi connectivity index (χ4v) is 13.4. The zero-order chi connectivity index (χ0) is 63.7. The van der Waals surface area contributed by atoms with E-state index < -0.39 is 0 Å². The Hall–Kier alpha value is -12.0. The number of nitrogens with zero attached hydrogens (tertiary/aromatic N) is 8. The second-order valence-electron chi connectivity index (χ2n) is 23.7. The number of rotatable bonds is 8. The SMILES string of the molecule is C1=Cc2nc1c(-c1ccccc1)c1ccc([n-]1)c(-c1ccccc1)c1nc(c(-c3ccccc3)c3ccc([n-]3)c2-c2ccccc2)C=C1.C1=Cc2nc1c(-c1ccccc1)c1ccc([n-]1)c(-c1ccccc1)c1nc(c(-c3ccccc3)c3ccc([n-]3)c2-c2ccccc2)C=C1.[Fe+3].[Fe+3].[O-2]. The average Bonchev–Trinajstić information content (AvgIpc) is 1.63. The maximum atomic E-state index is 5.31. The molecular formula is C88H56Fe2N8O. The van der Waals surface area contributed by atoms with Crippen LogP contribution < -0.4 is 19.9 Å². The molecule has 0 saturated heterocycles. The van der Waals surface area contributed by atoms with Crippen LogP contribution in [0.1, 0.15) is 45.6 Å². The minimum absolute atomic E-state index is 0. The molecule has 0 unspecified atom stereocenters. The molecule has 0 N–H and O–H groups in total. The Balaban J connectivity index is 0.000000164. The monoisotopic (exact) mass is 1350 g/mol. The van der Waals surface area contributed by atoms with E-state index in [1.165, 1.54) is 0 Å². The Morgan fingerprint density at radius 2 is 0.263 bits per heavy atom. The van der Waals surface area contributed by atoms with Gasteiger partial charge in [0.25, 0.3) is 0 Å². The molecule has 9 nitrogen and oxygen atoms in total. The molecule has 4 aliphatic rings. The van der Waals surface area contributed by atoms with E-state index in [9.17, 15) is 0 Å². The molecule has 0 atom stereocenters. The minimum atomic E-state index is 0. The molecule has 14 aromatic rings. The maximum Gasteiger partial charge on any atom is 3.00 e. The molecule has 470 valence electrons. The van der Waals surface area contributed by atoms with Crippen molar-refractivity contribution in [2.45, 2.75) is 0 Å². The normalized spacial score (nSPS) is 11.6. The van der Waals surface area contributed by atoms with Crippen molar-refractivity contribution >= 4 is 92.7 Å². The van der Waals surface area contributed by atoms with Crippen molar-refractivity contribution in [2.75, 3.05) is 0 Å². The Labute approximate surface area is 593 Å². The van der Waals surface area contributed by atoms with Crippen LogP contribution in [0, 0.1) is 0 Å². The van der Waals surface area contributed by atoms with Gasteiger partial charge in [-0.15, -0.1) is 44.1 Å². The molecule has 0 amide bonds. The summed E-state index contributed by atoms with van der Waals surface area (Å²) in [6.45, 7) is 0. The Morgan fingerprint density at radius 1 is 0.152 bits per heavy atom. The van der Waals surface area contributed by atoms with Gasteiger partial charge >= 0.3 is 34.1 Å². The topological polar surface area (TPSA) is 136 Å². The summed E-state index contributed by atoms with van der Waals surface area (Å²) in [5, 5.41) is 0. The molecule has 0 aliphatic carbocycles. The Kier molecular flexibility index (Phi) is 18.4. The van der Waals surface area contributed by atoms with E-state index in [0.29, 0.717) is 0 Å². The van der Waals surface area contributed by atoms with E-state index in [4.69, 9.17) is 39.9 Å². The van der Waals surface area contributed by atoms with Gasteiger partial charge in [-0.25, -0.2) is 19.9 Å². The minimum Gasteiger partial charge on any atom is -2.00 e. The van der Waals surface area contributed by atoms with Crippen LogP contribution in [0.4, 0.5) is 0 Å². The number of hydrogen-bond donors (Lipinski definition) is 0. The summed E-state index contributed by atoms with van der Waals surface area (Å²) in [7, 11) is 0. The van der Waals surface area contributed by atoms with Gasteiger partial charge in [-0.3, -0.25) is 0 Å². The molecule has 10 heterocycles. The molecular weight excluding hydrogens is 1300 g/mol. The summed E-state index contributed by atoms with van der Waals surface area (Å²) in [6.07, 6.45) is 16.8. The van der Waals surface area contributed by atoms with E-state index in [1.807, 2.05) is 48.5 Å². The van der Waals surface area contributed by atoms with Crippen LogP contribution in [-0.2, 0) is 39.6 Å². The zero-order valence-corrected chi connectivity index (χ0v) is 55.2. The predicted molar refractivity (Wildman–Crippen MR) is 398 cm³/mol. The summed E-state index contributed by atoms with van der Waals surface area (Å²) in [5.74, 6) is 0. The first kappa shape index (κ1) is 64.3. The van der Waals surface area contributed by atoms with Crippen LogP contribution in [0.15, 0.2) is 291 Å². The van der Waals surface area contributed by atoms with Crippen molar-refractivity contribution in [3.63, 3.8) is 0 Å². The molecule has 4 aliphatic heterocycles. The molecule has 99 heavy (non-hydrogen) atoms. The van der Waals surface area contributed by atoms with Crippen molar-refractivity contribution in [1.29, 1.82) is 0 Å². The van der Waals surface area contributed by atoms with Crippen molar-refractivity contribution in [1.82, 2.24) is 39.9 Å². The Bertz CT molecular complexity index is 4730. The summed E-state index contributed by atoms with van der Waals surface area (Å²) < 4.78 is 0. The number of aromatic nitrogens is 8. The maximum absolute atomic E-state index is 5.31. The number of benzene rings is 8. The third kappa shape index (κ3) is 12.5. The third-order valence-electron chi connectivity index (χ3n) is 17.7.